The number of rotatable bonds is 5. The number of methoxy groups -OCH3 is 1. The summed E-state index contributed by atoms with van der Waals surface area (Å²) in [5.41, 5.74) is 0.821. The van der Waals surface area contributed by atoms with Gasteiger partial charge in [0, 0.05) is 25.4 Å². The average molecular weight is 139 g/mol. The van der Waals surface area contributed by atoms with E-state index in [0.29, 0.717) is 6.61 Å². The lowest BCUT2D eigenvalue weighted by Crippen LogP contribution is -1.88. The van der Waals surface area contributed by atoms with Crippen molar-refractivity contribution in [3.63, 3.8) is 0 Å². The highest BCUT2D eigenvalue weighted by Gasteiger charge is 1.86. The number of aliphatic imine (C=N–C) groups is 1. The molecule has 56 valence electrons. The van der Waals surface area contributed by atoms with Gasteiger partial charge in [0.1, 0.15) is 0 Å². The lowest BCUT2D eigenvalue weighted by molar-refractivity contribution is 0.202. The molecule has 0 unspecified atom stereocenters. The molecule has 0 N–H and O–H groups in total. The first-order valence-corrected chi connectivity index (χ1v) is 3.13. The Morgan fingerprint density at radius 2 is 2.40 bits per heavy atom. The molecule has 0 atom stereocenters. The summed E-state index contributed by atoms with van der Waals surface area (Å²) in [6.45, 7) is 7.87. The zero-order valence-electron chi connectivity index (χ0n) is 6.34. The molecule has 0 fully saturated rings. The third kappa shape index (κ3) is 5.25. The first kappa shape index (κ1) is 9.11. The predicted octanol–water partition coefficient (Wildman–Crippen LogP) is 1.79. The summed E-state index contributed by atoms with van der Waals surface area (Å²) in [5, 5.41) is 0. The maximum absolute atomic E-state index is 4.83. The van der Waals surface area contributed by atoms with Gasteiger partial charge in [0.05, 0.1) is 6.61 Å². The van der Waals surface area contributed by atoms with Gasteiger partial charge in [0.25, 0.3) is 0 Å². The molecule has 0 aliphatic rings. The molecule has 0 heterocycles. The van der Waals surface area contributed by atoms with E-state index in [1.54, 1.807) is 19.4 Å². The molecular weight excluding hydrogens is 126 g/mol. The highest BCUT2D eigenvalue weighted by molar-refractivity contribution is 5.71. The van der Waals surface area contributed by atoms with Gasteiger partial charge in [-0.25, -0.2) is 0 Å². The van der Waals surface area contributed by atoms with Crippen LogP contribution in [0.5, 0.6) is 0 Å². The number of ether oxygens (including phenoxy) is 1. The van der Waals surface area contributed by atoms with Gasteiger partial charge in [0.2, 0.25) is 0 Å². The van der Waals surface area contributed by atoms with Gasteiger partial charge in [-0.05, 0) is 0 Å². The second-order valence-electron chi connectivity index (χ2n) is 1.82. The summed E-state index contributed by atoms with van der Waals surface area (Å²) in [7, 11) is 1.66. The molecule has 0 bridgehead atoms. The largest absolute Gasteiger partial charge is 0.384 e. The maximum atomic E-state index is 4.83. The minimum Gasteiger partial charge on any atom is -0.384 e. The van der Waals surface area contributed by atoms with Gasteiger partial charge in [-0.1, -0.05) is 19.2 Å². The molecule has 0 rings (SSSR count). The van der Waals surface area contributed by atoms with Crippen molar-refractivity contribution in [1.29, 1.82) is 0 Å². The van der Waals surface area contributed by atoms with E-state index in [4.69, 9.17) is 4.74 Å². The van der Waals surface area contributed by atoms with Crippen molar-refractivity contribution in [3.8, 4) is 0 Å². The molecular formula is C8H13NO. The van der Waals surface area contributed by atoms with Crippen LogP contribution in [0.1, 0.15) is 6.42 Å². The van der Waals surface area contributed by atoms with E-state index in [2.05, 4.69) is 18.2 Å². The fourth-order valence-electron chi connectivity index (χ4n) is 0.443. The molecule has 0 aromatic carbocycles. The first-order chi connectivity index (χ1) is 4.81. The average Bonchev–Trinajstić information content (AvgIpc) is 1.97. The van der Waals surface area contributed by atoms with Crippen LogP contribution in [0.2, 0.25) is 0 Å². The van der Waals surface area contributed by atoms with E-state index in [9.17, 15) is 0 Å². The molecule has 0 amide bonds. The van der Waals surface area contributed by atoms with Gasteiger partial charge in [0.15, 0.2) is 0 Å². The topological polar surface area (TPSA) is 21.6 Å². The Kier molecular flexibility index (Phi) is 5.68. The monoisotopic (exact) mass is 139 g/mol. The third-order valence-electron chi connectivity index (χ3n) is 0.957. The molecule has 0 saturated carbocycles. The van der Waals surface area contributed by atoms with Gasteiger partial charge in [-0.15, -0.1) is 0 Å². The summed E-state index contributed by atoms with van der Waals surface area (Å²) >= 11 is 0. The Hall–Kier alpha value is -0.890. The van der Waals surface area contributed by atoms with Crippen molar-refractivity contribution >= 4 is 6.21 Å². The lowest BCUT2D eigenvalue weighted by atomic mass is 10.4. The Balaban J connectivity index is 3.43. The summed E-state index contributed by atoms with van der Waals surface area (Å²) in [4.78, 5) is 3.96. The van der Waals surface area contributed by atoms with E-state index in [-0.39, 0.29) is 0 Å². The first-order valence-electron chi connectivity index (χ1n) is 3.13. The van der Waals surface area contributed by atoms with Crippen molar-refractivity contribution in [2.45, 2.75) is 6.42 Å². The van der Waals surface area contributed by atoms with E-state index in [0.717, 1.165) is 12.1 Å². The zero-order valence-corrected chi connectivity index (χ0v) is 6.34. The molecule has 0 aromatic rings. The summed E-state index contributed by atoms with van der Waals surface area (Å²) in [6.07, 6.45) is 4.02. The standard InChI is InChI=1S/C8H13NO/c1-4-6-9-8(2)5-7-10-3/h4,6H,1-2,5,7H2,3H3. The Morgan fingerprint density at radius 3 is 2.90 bits per heavy atom. The quantitative estimate of drug-likeness (QED) is 0.532. The normalized spacial score (nSPS) is 10.1. The van der Waals surface area contributed by atoms with E-state index in [1.807, 2.05) is 0 Å². The Bertz CT molecular complexity index is 138. The Morgan fingerprint density at radius 1 is 1.70 bits per heavy atom. The minimum absolute atomic E-state index is 0.674. The smallest absolute Gasteiger partial charge is 0.0517 e. The van der Waals surface area contributed by atoms with E-state index < -0.39 is 0 Å². The van der Waals surface area contributed by atoms with Gasteiger partial charge < -0.3 is 4.74 Å². The lowest BCUT2D eigenvalue weighted by Gasteiger charge is -1.95. The maximum Gasteiger partial charge on any atom is 0.0517 e. The molecule has 0 saturated heterocycles. The number of hydrogen-bond donors (Lipinski definition) is 0. The van der Waals surface area contributed by atoms with Crippen LogP contribution in [0.4, 0.5) is 0 Å². The van der Waals surface area contributed by atoms with Gasteiger partial charge >= 0.3 is 0 Å². The van der Waals surface area contributed by atoms with Crippen LogP contribution in [0.3, 0.4) is 0 Å². The van der Waals surface area contributed by atoms with Crippen molar-refractivity contribution in [3.05, 3.63) is 24.9 Å². The van der Waals surface area contributed by atoms with Crippen molar-refractivity contribution in [2.24, 2.45) is 4.99 Å². The molecule has 0 radical (unpaired) electrons. The molecule has 2 nitrogen and oxygen atoms in total. The SMILES string of the molecule is C=CC=NC(=C)CCOC. The van der Waals surface area contributed by atoms with Crippen LogP contribution in [0.15, 0.2) is 29.9 Å². The fraction of sp³-hybridized carbons (Fsp3) is 0.375. The molecule has 0 aromatic heterocycles. The van der Waals surface area contributed by atoms with Crippen molar-refractivity contribution in [2.75, 3.05) is 13.7 Å². The van der Waals surface area contributed by atoms with Crippen LogP contribution in [0, 0.1) is 0 Å². The third-order valence-corrected chi connectivity index (χ3v) is 0.957. The zero-order chi connectivity index (χ0) is 7.82. The van der Waals surface area contributed by atoms with Crippen LogP contribution in [0.25, 0.3) is 0 Å². The Labute approximate surface area is 61.9 Å². The van der Waals surface area contributed by atoms with Crippen LogP contribution >= 0.6 is 0 Å². The minimum atomic E-state index is 0.674. The van der Waals surface area contributed by atoms with E-state index >= 15 is 0 Å². The second-order valence-corrected chi connectivity index (χ2v) is 1.82. The summed E-state index contributed by atoms with van der Waals surface area (Å²) in [5.74, 6) is 0. The second kappa shape index (κ2) is 6.23. The highest BCUT2D eigenvalue weighted by Crippen LogP contribution is 1.97. The highest BCUT2D eigenvalue weighted by atomic mass is 16.5. The number of hydrogen-bond acceptors (Lipinski definition) is 2. The molecule has 0 aliphatic carbocycles. The molecule has 10 heavy (non-hydrogen) atoms. The fourth-order valence-corrected chi connectivity index (χ4v) is 0.443. The molecule has 0 aliphatic heterocycles. The van der Waals surface area contributed by atoms with E-state index in [1.165, 1.54) is 0 Å². The summed E-state index contributed by atoms with van der Waals surface area (Å²) < 4.78 is 4.83. The number of allylic oxidation sites excluding steroid dienone is 1. The van der Waals surface area contributed by atoms with Crippen LogP contribution < -0.4 is 0 Å². The predicted molar refractivity (Wildman–Crippen MR) is 44.3 cm³/mol. The van der Waals surface area contributed by atoms with Crippen LogP contribution in [-0.4, -0.2) is 19.9 Å². The summed E-state index contributed by atoms with van der Waals surface area (Å²) in [6, 6.07) is 0. The number of nitrogens with zero attached hydrogens (tertiary/aromatic N) is 1. The van der Waals surface area contributed by atoms with Gasteiger partial charge in [-0.2, -0.15) is 0 Å². The van der Waals surface area contributed by atoms with Crippen molar-refractivity contribution < 1.29 is 4.74 Å². The molecule has 2 heteroatoms. The van der Waals surface area contributed by atoms with Crippen molar-refractivity contribution in [1.82, 2.24) is 0 Å². The molecule has 0 spiro atoms. The van der Waals surface area contributed by atoms with Crippen LogP contribution in [-0.2, 0) is 4.74 Å². The van der Waals surface area contributed by atoms with Gasteiger partial charge in [-0.3, -0.25) is 4.99 Å².